The molecule has 1 aromatic carbocycles. The van der Waals surface area contributed by atoms with Crippen LogP contribution in [0.2, 0.25) is 0 Å². The Morgan fingerprint density at radius 1 is 1.30 bits per heavy atom. The molecule has 1 fully saturated rings. The second-order valence-electron chi connectivity index (χ2n) is 5.90. The Bertz CT molecular complexity index is 567. The lowest BCUT2D eigenvalue weighted by molar-refractivity contribution is -0.123. The van der Waals surface area contributed by atoms with Gasteiger partial charge in [-0.1, -0.05) is 13.3 Å². The van der Waals surface area contributed by atoms with E-state index in [9.17, 15) is 9.59 Å². The van der Waals surface area contributed by atoms with E-state index < -0.39 is 5.97 Å². The molecule has 0 spiro atoms. The van der Waals surface area contributed by atoms with Crippen LogP contribution in [0, 0.1) is 11.8 Å². The van der Waals surface area contributed by atoms with Gasteiger partial charge in [0.15, 0.2) is 0 Å². The smallest absolute Gasteiger partial charge is 0.335 e. The van der Waals surface area contributed by atoms with E-state index in [4.69, 9.17) is 5.11 Å². The highest BCUT2D eigenvalue weighted by Crippen LogP contribution is 2.36. The van der Waals surface area contributed by atoms with Gasteiger partial charge in [0.25, 0.3) is 0 Å². The van der Waals surface area contributed by atoms with Crippen molar-refractivity contribution >= 4 is 17.6 Å². The lowest BCUT2D eigenvalue weighted by atomic mass is 9.96. The number of hydrogen-bond donors (Lipinski definition) is 1. The van der Waals surface area contributed by atoms with Crippen molar-refractivity contribution in [2.24, 2.45) is 11.8 Å². The fraction of sp³-hybridized carbons (Fsp3) is 0.500. The summed E-state index contributed by atoms with van der Waals surface area (Å²) in [5.41, 5.74) is 2.18. The lowest BCUT2D eigenvalue weighted by Crippen LogP contribution is -2.35. The van der Waals surface area contributed by atoms with Gasteiger partial charge in [0, 0.05) is 18.2 Å². The molecule has 20 heavy (non-hydrogen) atoms. The standard InChI is InChI=1S/C16H19NO3/c1-10-3-2-4-13(10)15(18)17-8-7-11-9-12(16(19)20)5-6-14(11)17/h5-6,9-10,13H,2-4,7-8H2,1H3,(H,19,20). The number of hydrogen-bond acceptors (Lipinski definition) is 2. The minimum Gasteiger partial charge on any atom is -0.478 e. The minimum absolute atomic E-state index is 0.139. The molecular weight excluding hydrogens is 254 g/mol. The van der Waals surface area contributed by atoms with E-state index in [1.807, 2.05) is 4.90 Å². The highest BCUT2D eigenvalue weighted by Gasteiger charge is 2.35. The van der Waals surface area contributed by atoms with E-state index in [1.54, 1.807) is 18.2 Å². The van der Waals surface area contributed by atoms with Gasteiger partial charge in [-0.05, 0) is 48.9 Å². The molecule has 2 unspecified atom stereocenters. The third-order valence-corrected chi connectivity index (χ3v) is 4.67. The van der Waals surface area contributed by atoms with E-state index >= 15 is 0 Å². The topological polar surface area (TPSA) is 57.6 Å². The van der Waals surface area contributed by atoms with Crippen molar-refractivity contribution in [3.63, 3.8) is 0 Å². The summed E-state index contributed by atoms with van der Waals surface area (Å²) < 4.78 is 0. The largest absolute Gasteiger partial charge is 0.478 e. The monoisotopic (exact) mass is 273 g/mol. The SMILES string of the molecule is CC1CCCC1C(=O)N1CCc2cc(C(=O)O)ccc21. The van der Waals surface area contributed by atoms with Crippen molar-refractivity contribution in [3.05, 3.63) is 29.3 Å². The predicted molar refractivity (Wildman–Crippen MR) is 76.0 cm³/mol. The van der Waals surface area contributed by atoms with Gasteiger partial charge < -0.3 is 10.0 Å². The summed E-state index contributed by atoms with van der Waals surface area (Å²) in [6.07, 6.45) is 4.01. The van der Waals surface area contributed by atoms with Gasteiger partial charge in [0.05, 0.1) is 5.56 Å². The molecule has 0 saturated heterocycles. The molecule has 0 aromatic heterocycles. The Morgan fingerprint density at radius 2 is 2.10 bits per heavy atom. The summed E-state index contributed by atoms with van der Waals surface area (Å²) in [4.78, 5) is 25.5. The Morgan fingerprint density at radius 3 is 2.75 bits per heavy atom. The zero-order valence-corrected chi connectivity index (χ0v) is 11.6. The molecule has 0 bridgehead atoms. The molecule has 1 amide bonds. The van der Waals surface area contributed by atoms with Gasteiger partial charge in [0.1, 0.15) is 0 Å². The third-order valence-electron chi connectivity index (χ3n) is 4.67. The van der Waals surface area contributed by atoms with E-state index in [0.717, 1.165) is 36.9 Å². The van der Waals surface area contributed by atoms with Crippen LogP contribution in [0.4, 0.5) is 5.69 Å². The first-order valence-corrected chi connectivity index (χ1v) is 7.25. The average Bonchev–Trinajstić information content (AvgIpc) is 3.03. The quantitative estimate of drug-likeness (QED) is 0.901. The first-order valence-electron chi connectivity index (χ1n) is 7.25. The van der Waals surface area contributed by atoms with Gasteiger partial charge in [-0.25, -0.2) is 4.79 Å². The van der Waals surface area contributed by atoms with Gasteiger partial charge in [-0.15, -0.1) is 0 Å². The van der Waals surface area contributed by atoms with Crippen molar-refractivity contribution in [2.75, 3.05) is 11.4 Å². The maximum Gasteiger partial charge on any atom is 0.335 e. The van der Waals surface area contributed by atoms with Crippen molar-refractivity contribution in [3.8, 4) is 0 Å². The van der Waals surface area contributed by atoms with Gasteiger partial charge in [-0.3, -0.25) is 4.79 Å². The number of carboxylic acid groups (broad SMARTS) is 1. The number of benzene rings is 1. The molecule has 1 N–H and O–H groups in total. The number of carbonyl (C=O) groups is 2. The first-order chi connectivity index (χ1) is 9.58. The molecule has 1 saturated carbocycles. The summed E-state index contributed by atoms with van der Waals surface area (Å²) in [5, 5.41) is 9.02. The van der Waals surface area contributed by atoms with Crippen LogP contribution in [0.15, 0.2) is 18.2 Å². The molecule has 1 aromatic rings. The normalized spacial score (nSPS) is 24.8. The molecule has 4 heteroatoms. The molecule has 0 radical (unpaired) electrons. The Hall–Kier alpha value is -1.84. The number of amides is 1. The number of carbonyl (C=O) groups excluding carboxylic acids is 1. The number of nitrogens with zero attached hydrogens (tertiary/aromatic N) is 1. The summed E-state index contributed by atoms with van der Waals surface area (Å²) >= 11 is 0. The van der Waals surface area contributed by atoms with Crippen LogP contribution < -0.4 is 4.90 Å². The number of fused-ring (bicyclic) bond motifs is 1. The second-order valence-corrected chi connectivity index (χ2v) is 5.90. The van der Waals surface area contributed by atoms with Crippen LogP contribution in [0.3, 0.4) is 0 Å². The molecule has 2 atom stereocenters. The van der Waals surface area contributed by atoms with Crippen LogP contribution in [0.5, 0.6) is 0 Å². The zero-order chi connectivity index (χ0) is 14.3. The number of aromatic carboxylic acids is 1. The molecule has 2 aliphatic rings. The van der Waals surface area contributed by atoms with Crippen LogP contribution in [-0.4, -0.2) is 23.5 Å². The fourth-order valence-electron chi connectivity index (χ4n) is 3.48. The summed E-state index contributed by atoms with van der Waals surface area (Å²) in [5.74, 6) is -0.0937. The van der Waals surface area contributed by atoms with Crippen LogP contribution >= 0.6 is 0 Å². The van der Waals surface area contributed by atoms with E-state index in [-0.39, 0.29) is 11.8 Å². The summed E-state index contributed by atoms with van der Waals surface area (Å²) in [7, 11) is 0. The highest BCUT2D eigenvalue weighted by atomic mass is 16.4. The molecule has 1 aliphatic carbocycles. The molecule has 1 heterocycles. The second kappa shape index (κ2) is 4.93. The molecular formula is C16H19NO3. The zero-order valence-electron chi connectivity index (χ0n) is 11.6. The van der Waals surface area contributed by atoms with Crippen molar-refractivity contribution in [2.45, 2.75) is 32.6 Å². The van der Waals surface area contributed by atoms with E-state index in [1.165, 1.54) is 0 Å². The first kappa shape index (κ1) is 13.2. The van der Waals surface area contributed by atoms with E-state index in [2.05, 4.69) is 6.92 Å². The third kappa shape index (κ3) is 2.09. The van der Waals surface area contributed by atoms with Crippen molar-refractivity contribution in [1.29, 1.82) is 0 Å². The highest BCUT2D eigenvalue weighted by molar-refractivity contribution is 5.98. The predicted octanol–water partition coefficient (Wildman–Crippen LogP) is 2.71. The lowest BCUT2D eigenvalue weighted by Gasteiger charge is -2.23. The Balaban J connectivity index is 1.86. The van der Waals surface area contributed by atoms with Crippen LogP contribution in [0.1, 0.15) is 42.1 Å². The van der Waals surface area contributed by atoms with Gasteiger partial charge in [-0.2, -0.15) is 0 Å². The molecule has 3 rings (SSSR count). The molecule has 1 aliphatic heterocycles. The number of carboxylic acids is 1. The van der Waals surface area contributed by atoms with E-state index in [0.29, 0.717) is 18.0 Å². The number of rotatable bonds is 2. The fourth-order valence-corrected chi connectivity index (χ4v) is 3.48. The van der Waals surface area contributed by atoms with Crippen LogP contribution in [-0.2, 0) is 11.2 Å². The maximum atomic E-state index is 12.6. The van der Waals surface area contributed by atoms with Crippen molar-refractivity contribution < 1.29 is 14.7 Å². The Labute approximate surface area is 118 Å². The Kier molecular flexibility index (Phi) is 3.24. The van der Waals surface area contributed by atoms with Gasteiger partial charge >= 0.3 is 5.97 Å². The van der Waals surface area contributed by atoms with Gasteiger partial charge in [0.2, 0.25) is 5.91 Å². The molecule has 106 valence electrons. The van der Waals surface area contributed by atoms with Crippen molar-refractivity contribution in [1.82, 2.24) is 0 Å². The summed E-state index contributed by atoms with van der Waals surface area (Å²) in [6, 6.07) is 5.07. The maximum absolute atomic E-state index is 12.6. The average molecular weight is 273 g/mol. The summed E-state index contributed by atoms with van der Waals surface area (Å²) in [6.45, 7) is 2.83. The minimum atomic E-state index is -0.915. The van der Waals surface area contributed by atoms with Crippen LogP contribution in [0.25, 0.3) is 0 Å². The number of anilines is 1. The molecule has 4 nitrogen and oxygen atoms in total.